The molecule has 0 amide bonds. The summed E-state index contributed by atoms with van der Waals surface area (Å²) >= 11 is 7.71. The fourth-order valence-corrected chi connectivity index (χ4v) is 3.23. The van der Waals surface area contributed by atoms with Crippen molar-refractivity contribution in [3.05, 3.63) is 16.9 Å². The highest BCUT2D eigenvalue weighted by atomic mass is 35.5. The molecule has 0 saturated carbocycles. The molecule has 1 aromatic rings. The Bertz CT molecular complexity index is 371. The SMILES string of the molecule is CCn1ncc(Cl)c1C(=O)C1CCCS1. The Morgan fingerprint density at radius 3 is 3.20 bits per heavy atom. The number of halogens is 1. The number of rotatable bonds is 3. The van der Waals surface area contributed by atoms with Gasteiger partial charge >= 0.3 is 0 Å². The molecule has 3 nitrogen and oxygen atoms in total. The lowest BCUT2D eigenvalue weighted by Gasteiger charge is -2.09. The summed E-state index contributed by atoms with van der Waals surface area (Å²) in [5, 5.41) is 4.65. The van der Waals surface area contributed by atoms with Crippen molar-refractivity contribution in [1.29, 1.82) is 0 Å². The van der Waals surface area contributed by atoms with Crippen LogP contribution in [0.3, 0.4) is 0 Å². The van der Waals surface area contributed by atoms with Gasteiger partial charge in [-0.15, -0.1) is 0 Å². The zero-order valence-electron chi connectivity index (χ0n) is 8.57. The number of carbonyl (C=O) groups excluding carboxylic acids is 1. The number of ketones is 1. The van der Waals surface area contributed by atoms with Crippen LogP contribution < -0.4 is 0 Å². The first-order valence-electron chi connectivity index (χ1n) is 5.11. The number of thioether (sulfide) groups is 1. The van der Waals surface area contributed by atoms with E-state index in [0.29, 0.717) is 17.3 Å². The molecule has 0 aliphatic carbocycles. The standard InChI is InChI=1S/C10H13ClN2OS/c1-2-13-9(7(11)6-12-13)10(14)8-4-3-5-15-8/h6,8H,2-5H2,1H3. The molecule has 1 aliphatic rings. The van der Waals surface area contributed by atoms with Crippen LogP contribution in [0, 0.1) is 0 Å². The van der Waals surface area contributed by atoms with Crippen LogP contribution in [0.25, 0.3) is 0 Å². The number of aryl methyl sites for hydroxylation is 1. The van der Waals surface area contributed by atoms with Crippen LogP contribution in [-0.4, -0.2) is 26.6 Å². The van der Waals surface area contributed by atoms with E-state index in [9.17, 15) is 4.79 Å². The molecule has 5 heteroatoms. The summed E-state index contributed by atoms with van der Waals surface area (Å²) in [4.78, 5) is 12.1. The Hall–Kier alpha value is -0.480. The second kappa shape index (κ2) is 4.58. The smallest absolute Gasteiger partial charge is 0.195 e. The maximum atomic E-state index is 12.1. The molecule has 0 spiro atoms. The highest BCUT2D eigenvalue weighted by Gasteiger charge is 2.28. The Morgan fingerprint density at radius 2 is 2.60 bits per heavy atom. The molecule has 0 radical (unpaired) electrons. The first kappa shape index (κ1) is 11.0. The van der Waals surface area contributed by atoms with Crippen molar-refractivity contribution in [3.63, 3.8) is 0 Å². The maximum absolute atomic E-state index is 12.1. The number of Topliss-reactive ketones (excluding diaryl/α,β-unsaturated/α-hetero) is 1. The van der Waals surface area contributed by atoms with Crippen LogP contribution in [-0.2, 0) is 6.54 Å². The van der Waals surface area contributed by atoms with Crippen molar-refractivity contribution in [3.8, 4) is 0 Å². The molecule has 1 unspecified atom stereocenters. The number of hydrogen-bond acceptors (Lipinski definition) is 3. The molecule has 1 aromatic heterocycles. The highest BCUT2D eigenvalue weighted by molar-refractivity contribution is 8.00. The van der Waals surface area contributed by atoms with Gasteiger partial charge in [0, 0.05) is 6.54 Å². The van der Waals surface area contributed by atoms with E-state index in [1.807, 2.05) is 6.92 Å². The first-order valence-corrected chi connectivity index (χ1v) is 6.53. The zero-order valence-corrected chi connectivity index (χ0v) is 10.1. The van der Waals surface area contributed by atoms with Crippen molar-refractivity contribution < 1.29 is 4.79 Å². The summed E-state index contributed by atoms with van der Waals surface area (Å²) in [5.41, 5.74) is 0.582. The lowest BCUT2D eigenvalue weighted by molar-refractivity contribution is 0.0978. The molecule has 1 aliphatic heterocycles. The summed E-state index contributed by atoms with van der Waals surface area (Å²) in [6.45, 7) is 2.65. The molecule has 1 atom stereocenters. The summed E-state index contributed by atoms with van der Waals surface area (Å²) in [6, 6.07) is 0. The minimum atomic E-state index is 0.0875. The van der Waals surface area contributed by atoms with Gasteiger partial charge in [-0.1, -0.05) is 11.6 Å². The van der Waals surface area contributed by atoms with Gasteiger partial charge in [-0.2, -0.15) is 16.9 Å². The van der Waals surface area contributed by atoms with Crippen LogP contribution in [0.4, 0.5) is 0 Å². The van der Waals surface area contributed by atoms with Crippen molar-refractivity contribution in [1.82, 2.24) is 9.78 Å². The fraction of sp³-hybridized carbons (Fsp3) is 0.600. The average Bonchev–Trinajstić information content (AvgIpc) is 2.85. The van der Waals surface area contributed by atoms with Crippen LogP contribution in [0.2, 0.25) is 5.02 Å². The van der Waals surface area contributed by atoms with E-state index in [1.54, 1.807) is 22.6 Å². The molecule has 0 bridgehead atoms. The van der Waals surface area contributed by atoms with E-state index < -0.39 is 0 Å². The van der Waals surface area contributed by atoms with E-state index in [0.717, 1.165) is 18.6 Å². The predicted octanol–water partition coefficient (Wildman–Crippen LogP) is 2.63. The second-order valence-corrected chi connectivity index (χ2v) is 5.24. The van der Waals surface area contributed by atoms with Crippen LogP contribution >= 0.6 is 23.4 Å². The third-order valence-corrected chi connectivity index (χ3v) is 4.20. The van der Waals surface area contributed by atoms with E-state index in [-0.39, 0.29) is 11.0 Å². The molecule has 1 fully saturated rings. The van der Waals surface area contributed by atoms with E-state index in [2.05, 4.69) is 5.10 Å². The normalized spacial score (nSPS) is 20.8. The Kier molecular flexibility index (Phi) is 3.36. The van der Waals surface area contributed by atoms with Gasteiger partial charge in [-0.25, -0.2) is 0 Å². The average molecular weight is 245 g/mol. The topological polar surface area (TPSA) is 34.9 Å². The van der Waals surface area contributed by atoms with Gasteiger partial charge in [-0.3, -0.25) is 9.48 Å². The van der Waals surface area contributed by atoms with Gasteiger partial charge in [0.1, 0.15) is 5.69 Å². The van der Waals surface area contributed by atoms with Gasteiger partial charge in [0.05, 0.1) is 16.5 Å². The lowest BCUT2D eigenvalue weighted by Crippen LogP contribution is -2.19. The van der Waals surface area contributed by atoms with Crippen molar-refractivity contribution >= 4 is 29.1 Å². The molecule has 15 heavy (non-hydrogen) atoms. The Morgan fingerprint density at radius 1 is 1.80 bits per heavy atom. The molecule has 0 N–H and O–H groups in total. The van der Waals surface area contributed by atoms with Gasteiger partial charge in [0.15, 0.2) is 5.78 Å². The third kappa shape index (κ3) is 2.06. The highest BCUT2D eigenvalue weighted by Crippen LogP contribution is 2.30. The molecule has 2 rings (SSSR count). The molecular formula is C10H13ClN2OS. The Balaban J connectivity index is 2.27. The summed E-state index contributed by atoms with van der Waals surface area (Å²) < 4.78 is 1.68. The molecule has 1 saturated heterocycles. The molecule has 82 valence electrons. The summed E-state index contributed by atoms with van der Waals surface area (Å²) in [5.74, 6) is 1.22. The van der Waals surface area contributed by atoms with E-state index in [4.69, 9.17) is 11.6 Å². The first-order chi connectivity index (χ1) is 7.24. The van der Waals surface area contributed by atoms with Crippen LogP contribution in [0.1, 0.15) is 30.3 Å². The fourth-order valence-electron chi connectivity index (χ4n) is 1.78. The van der Waals surface area contributed by atoms with E-state index >= 15 is 0 Å². The number of aromatic nitrogens is 2. The maximum Gasteiger partial charge on any atom is 0.195 e. The summed E-state index contributed by atoms with van der Waals surface area (Å²) in [6.07, 6.45) is 3.64. The third-order valence-electron chi connectivity index (χ3n) is 2.55. The summed E-state index contributed by atoms with van der Waals surface area (Å²) in [7, 11) is 0. The largest absolute Gasteiger partial charge is 0.291 e. The molecule has 2 heterocycles. The predicted molar refractivity (Wildman–Crippen MR) is 62.7 cm³/mol. The quantitative estimate of drug-likeness (QED) is 0.767. The molecular weight excluding hydrogens is 232 g/mol. The van der Waals surface area contributed by atoms with E-state index in [1.165, 1.54) is 0 Å². The monoisotopic (exact) mass is 244 g/mol. The van der Waals surface area contributed by atoms with Crippen molar-refractivity contribution in [2.45, 2.75) is 31.6 Å². The lowest BCUT2D eigenvalue weighted by atomic mass is 10.1. The Labute approximate surface area is 98.2 Å². The van der Waals surface area contributed by atoms with Crippen molar-refractivity contribution in [2.24, 2.45) is 0 Å². The zero-order chi connectivity index (χ0) is 10.8. The van der Waals surface area contributed by atoms with Crippen LogP contribution in [0.15, 0.2) is 6.20 Å². The van der Waals surface area contributed by atoms with Gasteiger partial charge in [0.2, 0.25) is 0 Å². The van der Waals surface area contributed by atoms with Gasteiger partial charge in [0.25, 0.3) is 0 Å². The minimum Gasteiger partial charge on any atom is -0.291 e. The van der Waals surface area contributed by atoms with Crippen molar-refractivity contribution in [2.75, 3.05) is 5.75 Å². The van der Waals surface area contributed by atoms with Gasteiger partial charge < -0.3 is 0 Å². The number of hydrogen-bond donors (Lipinski definition) is 0. The molecule has 0 aromatic carbocycles. The number of nitrogens with zero attached hydrogens (tertiary/aromatic N) is 2. The number of carbonyl (C=O) groups is 1. The van der Waals surface area contributed by atoms with Gasteiger partial charge in [-0.05, 0) is 25.5 Å². The second-order valence-electron chi connectivity index (χ2n) is 3.52. The van der Waals surface area contributed by atoms with Crippen LogP contribution in [0.5, 0.6) is 0 Å². The minimum absolute atomic E-state index is 0.0875.